The fourth-order valence-corrected chi connectivity index (χ4v) is 2.06. The van der Waals surface area contributed by atoms with Gasteiger partial charge in [-0.25, -0.2) is 4.40 Å². The van der Waals surface area contributed by atoms with E-state index < -0.39 is 0 Å². The Bertz CT molecular complexity index is 525. The maximum Gasteiger partial charge on any atom is 0.289 e. The fraction of sp³-hybridized carbons (Fsp3) is 0.250. The summed E-state index contributed by atoms with van der Waals surface area (Å²) in [7, 11) is 0. The monoisotopic (exact) mass is 236 g/mol. The minimum atomic E-state index is -0.268. The number of nitrogens with zero attached hydrogens (tertiary/aromatic N) is 2. The number of pyridine rings is 1. The van der Waals surface area contributed by atoms with E-state index in [-0.39, 0.29) is 18.1 Å². The van der Waals surface area contributed by atoms with Crippen LogP contribution in [0.1, 0.15) is 13.3 Å². The van der Waals surface area contributed by atoms with Gasteiger partial charge < -0.3 is 17.1 Å². The molecule has 0 radical (unpaired) electrons. The first-order chi connectivity index (χ1) is 7.30. The number of ether oxygens (including phenoxy) is 1. The summed E-state index contributed by atoms with van der Waals surface area (Å²) in [4.78, 5) is 0. The Kier molecular flexibility index (Phi) is 2.64. The molecule has 2 aromatic rings. The van der Waals surface area contributed by atoms with Gasteiger partial charge in [0.05, 0.1) is 12.5 Å². The van der Waals surface area contributed by atoms with Crippen molar-refractivity contribution in [3.63, 3.8) is 0 Å². The van der Waals surface area contributed by atoms with Crippen molar-refractivity contribution in [2.75, 3.05) is 0 Å². The molecule has 3 nitrogen and oxygen atoms in total. The van der Waals surface area contributed by atoms with Crippen molar-refractivity contribution < 1.29 is 21.7 Å². The highest BCUT2D eigenvalue weighted by molar-refractivity contribution is 5.31. The average Bonchev–Trinajstić information content (AvgIpc) is 2.84. The molecule has 1 atom stereocenters. The quantitative estimate of drug-likeness (QED) is 0.571. The van der Waals surface area contributed by atoms with Crippen molar-refractivity contribution in [3.05, 3.63) is 49.1 Å². The van der Waals surface area contributed by atoms with E-state index in [0.717, 1.165) is 12.1 Å². The van der Waals surface area contributed by atoms with Crippen molar-refractivity contribution in [2.45, 2.75) is 19.1 Å². The second kappa shape index (κ2) is 3.83. The van der Waals surface area contributed by atoms with Gasteiger partial charge in [0.15, 0.2) is 0 Å². The molecule has 0 bridgehead atoms. The topological polar surface area (TPSA) is 17.5 Å². The lowest BCUT2D eigenvalue weighted by Gasteiger charge is -2.20. The Labute approximate surface area is 100 Å². The number of fused-ring (bicyclic) bond motifs is 1. The molecule has 0 aliphatic carbocycles. The SMILES string of the molecule is CC1([n+]2ccn3ccccc32)CC=CO1.[Cl-]. The second-order valence-corrected chi connectivity index (χ2v) is 4.00. The number of hydrogen-bond acceptors (Lipinski definition) is 1. The van der Waals surface area contributed by atoms with E-state index in [0.29, 0.717) is 0 Å². The summed E-state index contributed by atoms with van der Waals surface area (Å²) in [6, 6.07) is 6.15. The van der Waals surface area contributed by atoms with Gasteiger partial charge in [0.2, 0.25) is 0 Å². The minimum Gasteiger partial charge on any atom is -1.00 e. The van der Waals surface area contributed by atoms with Gasteiger partial charge in [-0.15, -0.1) is 0 Å². The molecule has 84 valence electrons. The third kappa shape index (κ3) is 1.48. The summed E-state index contributed by atoms with van der Waals surface area (Å²) in [5.41, 5.74) is 0.875. The molecule has 0 aromatic carbocycles. The van der Waals surface area contributed by atoms with Gasteiger partial charge in [-0.05, 0) is 12.1 Å². The number of aromatic nitrogens is 2. The van der Waals surface area contributed by atoms with Crippen LogP contribution in [0.3, 0.4) is 0 Å². The smallest absolute Gasteiger partial charge is 0.289 e. The summed E-state index contributed by atoms with van der Waals surface area (Å²) in [5.74, 6) is 0. The molecule has 4 heteroatoms. The number of rotatable bonds is 1. The summed E-state index contributed by atoms with van der Waals surface area (Å²) >= 11 is 0. The van der Waals surface area contributed by atoms with E-state index in [1.807, 2.05) is 24.5 Å². The van der Waals surface area contributed by atoms with Crippen LogP contribution < -0.4 is 17.0 Å². The zero-order chi connectivity index (χ0) is 10.3. The highest BCUT2D eigenvalue weighted by Crippen LogP contribution is 2.23. The molecule has 0 saturated carbocycles. The molecule has 0 spiro atoms. The Morgan fingerprint density at radius 2 is 2.25 bits per heavy atom. The van der Waals surface area contributed by atoms with Crippen LogP contribution in [0.15, 0.2) is 49.1 Å². The number of hydrogen-bond donors (Lipinski definition) is 0. The van der Waals surface area contributed by atoms with Crippen molar-refractivity contribution in [1.82, 2.24) is 4.40 Å². The molecular weight excluding hydrogens is 224 g/mol. The van der Waals surface area contributed by atoms with Gasteiger partial charge in [-0.1, -0.05) is 6.07 Å². The van der Waals surface area contributed by atoms with Crippen molar-refractivity contribution >= 4 is 5.65 Å². The Morgan fingerprint density at radius 3 is 3.00 bits per heavy atom. The summed E-state index contributed by atoms with van der Waals surface area (Å²) < 4.78 is 9.91. The van der Waals surface area contributed by atoms with E-state index in [1.165, 1.54) is 0 Å². The Balaban J connectivity index is 0.000000963. The molecule has 0 N–H and O–H groups in total. The predicted octanol–water partition coefficient (Wildman–Crippen LogP) is -1.16. The summed E-state index contributed by atoms with van der Waals surface area (Å²) in [6.07, 6.45) is 10.9. The zero-order valence-corrected chi connectivity index (χ0v) is 9.76. The van der Waals surface area contributed by atoms with Gasteiger partial charge in [0, 0.05) is 19.4 Å². The van der Waals surface area contributed by atoms with Crippen LogP contribution in [0.4, 0.5) is 0 Å². The molecule has 16 heavy (non-hydrogen) atoms. The molecule has 0 fully saturated rings. The Morgan fingerprint density at radius 1 is 1.38 bits per heavy atom. The van der Waals surface area contributed by atoms with Gasteiger partial charge in [-0.3, -0.25) is 0 Å². The first-order valence-electron chi connectivity index (χ1n) is 5.10. The highest BCUT2D eigenvalue weighted by Gasteiger charge is 2.36. The van der Waals surface area contributed by atoms with Crippen molar-refractivity contribution in [2.24, 2.45) is 0 Å². The zero-order valence-electron chi connectivity index (χ0n) is 9.01. The molecule has 3 heterocycles. The summed E-state index contributed by atoms with van der Waals surface area (Å²) in [6.45, 7) is 2.10. The van der Waals surface area contributed by atoms with E-state index in [1.54, 1.807) is 6.26 Å². The predicted molar refractivity (Wildman–Crippen MR) is 56.1 cm³/mol. The normalized spacial score (nSPS) is 23.1. The second-order valence-electron chi connectivity index (χ2n) is 4.00. The molecule has 0 amide bonds. The van der Waals surface area contributed by atoms with Crippen LogP contribution in [-0.4, -0.2) is 4.40 Å². The van der Waals surface area contributed by atoms with Gasteiger partial charge >= 0.3 is 0 Å². The average molecular weight is 237 g/mol. The lowest BCUT2D eigenvalue weighted by molar-refractivity contribution is -0.777. The van der Waals surface area contributed by atoms with Crippen LogP contribution in [0, 0.1) is 0 Å². The fourth-order valence-electron chi connectivity index (χ4n) is 2.06. The molecule has 0 saturated heterocycles. The largest absolute Gasteiger partial charge is 1.00 e. The van der Waals surface area contributed by atoms with Crippen LogP contribution in [0.25, 0.3) is 5.65 Å². The summed E-state index contributed by atoms with van der Waals surface area (Å²) in [5, 5.41) is 0. The maximum absolute atomic E-state index is 5.66. The van der Waals surface area contributed by atoms with E-state index in [2.05, 4.69) is 34.2 Å². The number of imidazole rings is 1. The third-order valence-corrected chi connectivity index (χ3v) is 2.92. The number of halogens is 1. The lowest BCUT2D eigenvalue weighted by Crippen LogP contribution is -3.00. The molecule has 1 aliphatic rings. The molecule has 2 aromatic heterocycles. The van der Waals surface area contributed by atoms with E-state index in [4.69, 9.17) is 4.74 Å². The first kappa shape index (κ1) is 11.0. The van der Waals surface area contributed by atoms with Gasteiger partial charge in [-0.2, -0.15) is 4.57 Å². The molecule has 1 aliphatic heterocycles. The van der Waals surface area contributed by atoms with Crippen LogP contribution >= 0.6 is 0 Å². The van der Waals surface area contributed by atoms with E-state index in [9.17, 15) is 0 Å². The Hall–Kier alpha value is -1.48. The van der Waals surface area contributed by atoms with Crippen molar-refractivity contribution in [3.8, 4) is 0 Å². The molecular formula is C12H13ClN2O. The third-order valence-electron chi connectivity index (χ3n) is 2.92. The van der Waals surface area contributed by atoms with Gasteiger partial charge in [0.25, 0.3) is 11.4 Å². The molecule has 1 unspecified atom stereocenters. The van der Waals surface area contributed by atoms with Crippen molar-refractivity contribution in [1.29, 1.82) is 0 Å². The standard InChI is InChI=1S/C12H13N2O.ClH/c1-12(6-4-10-15-12)14-9-8-13-7-3-2-5-11(13)14;/h2-5,7-10H,6H2,1H3;1H/q+1;/p-1. The van der Waals surface area contributed by atoms with Crippen LogP contribution in [0.2, 0.25) is 0 Å². The van der Waals surface area contributed by atoms with Gasteiger partial charge in [0.1, 0.15) is 12.4 Å². The lowest BCUT2D eigenvalue weighted by atomic mass is 10.2. The van der Waals surface area contributed by atoms with Crippen LogP contribution in [0.5, 0.6) is 0 Å². The van der Waals surface area contributed by atoms with Crippen LogP contribution in [-0.2, 0) is 10.5 Å². The molecule has 3 rings (SSSR count). The minimum absolute atomic E-state index is 0. The van der Waals surface area contributed by atoms with E-state index >= 15 is 0 Å². The first-order valence-corrected chi connectivity index (χ1v) is 5.10. The maximum atomic E-state index is 5.66. The highest BCUT2D eigenvalue weighted by atomic mass is 35.5.